The number of amides is 1. The molecule has 25 heavy (non-hydrogen) atoms. The molecule has 1 unspecified atom stereocenters. The summed E-state index contributed by atoms with van der Waals surface area (Å²) in [4.78, 5) is 20.8. The largest absolute Gasteiger partial charge is 0.439 e. The van der Waals surface area contributed by atoms with Crippen LogP contribution in [-0.4, -0.2) is 52.9 Å². The van der Waals surface area contributed by atoms with Crippen molar-refractivity contribution in [2.24, 2.45) is 5.73 Å². The van der Waals surface area contributed by atoms with E-state index in [0.29, 0.717) is 25.5 Å². The molecular formula is C19H26N4O2. The van der Waals surface area contributed by atoms with Crippen molar-refractivity contribution in [3.8, 4) is 11.3 Å². The predicted octanol–water partition coefficient (Wildman–Crippen LogP) is 2.11. The van der Waals surface area contributed by atoms with E-state index in [1.807, 2.05) is 42.2 Å². The Labute approximate surface area is 148 Å². The fraction of sp³-hybridized carbons (Fsp3) is 0.474. The quantitative estimate of drug-likeness (QED) is 0.870. The lowest BCUT2D eigenvalue weighted by Gasteiger charge is -2.35. The van der Waals surface area contributed by atoms with Crippen molar-refractivity contribution < 1.29 is 9.21 Å². The molecule has 1 aromatic carbocycles. The Morgan fingerprint density at radius 2 is 1.96 bits per heavy atom. The third-order valence-corrected chi connectivity index (χ3v) is 4.57. The number of benzene rings is 1. The Balaban J connectivity index is 1.51. The predicted molar refractivity (Wildman–Crippen MR) is 96.7 cm³/mol. The molecule has 1 aromatic heterocycles. The van der Waals surface area contributed by atoms with Gasteiger partial charge in [-0.1, -0.05) is 43.7 Å². The van der Waals surface area contributed by atoms with Crippen LogP contribution in [0.4, 0.5) is 0 Å². The lowest BCUT2D eigenvalue weighted by molar-refractivity contribution is -0.134. The van der Waals surface area contributed by atoms with Gasteiger partial charge in [-0.15, -0.1) is 0 Å². The molecule has 2 N–H and O–H groups in total. The number of rotatable bonds is 6. The number of oxazole rings is 1. The van der Waals surface area contributed by atoms with Gasteiger partial charge in [-0.3, -0.25) is 9.69 Å². The molecule has 0 spiro atoms. The molecule has 2 heterocycles. The smallest absolute Gasteiger partial charge is 0.239 e. The van der Waals surface area contributed by atoms with Gasteiger partial charge in [0.1, 0.15) is 0 Å². The van der Waals surface area contributed by atoms with Crippen LogP contribution >= 0.6 is 0 Å². The summed E-state index contributed by atoms with van der Waals surface area (Å²) < 4.78 is 5.86. The van der Waals surface area contributed by atoms with Crippen LogP contribution < -0.4 is 5.73 Å². The Bertz CT molecular complexity index is 678. The van der Waals surface area contributed by atoms with Gasteiger partial charge in [-0.25, -0.2) is 4.98 Å². The number of carbonyl (C=O) groups is 1. The van der Waals surface area contributed by atoms with E-state index in [0.717, 1.165) is 37.3 Å². The standard InChI is InChI=1S/C19H26N4O2/c1-2-6-16(20)19(24)23-11-9-22(10-12-23)14-18-21-13-17(25-18)15-7-4-3-5-8-15/h3-5,7-8,13,16H,2,6,9-12,14,20H2,1H3. The lowest BCUT2D eigenvalue weighted by Crippen LogP contribution is -2.52. The Morgan fingerprint density at radius 3 is 2.64 bits per heavy atom. The van der Waals surface area contributed by atoms with Crippen molar-refractivity contribution in [1.82, 2.24) is 14.8 Å². The third kappa shape index (κ3) is 4.46. The molecule has 0 aliphatic carbocycles. The van der Waals surface area contributed by atoms with Gasteiger partial charge in [0.15, 0.2) is 5.76 Å². The summed E-state index contributed by atoms with van der Waals surface area (Å²) in [6.07, 6.45) is 3.45. The summed E-state index contributed by atoms with van der Waals surface area (Å²) in [5.41, 5.74) is 6.97. The third-order valence-electron chi connectivity index (χ3n) is 4.57. The molecule has 1 fully saturated rings. The van der Waals surface area contributed by atoms with E-state index >= 15 is 0 Å². The summed E-state index contributed by atoms with van der Waals surface area (Å²) in [7, 11) is 0. The normalized spacial score (nSPS) is 16.8. The molecule has 3 rings (SSSR count). The van der Waals surface area contributed by atoms with Gasteiger partial charge >= 0.3 is 0 Å². The van der Waals surface area contributed by atoms with E-state index in [2.05, 4.69) is 9.88 Å². The molecule has 6 nitrogen and oxygen atoms in total. The molecule has 2 aromatic rings. The Hall–Kier alpha value is -2.18. The van der Waals surface area contributed by atoms with Crippen LogP contribution in [0.2, 0.25) is 0 Å². The van der Waals surface area contributed by atoms with Crippen molar-refractivity contribution in [2.75, 3.05) is 26.2 Å². The van der Waals surface area contributed by atoms with Crippen molar-refractivity contribution >= 4 is 5.91 Å². The highest BCUT2D eigenvalue weighted by atomic mass is 16.4. The van der Waals surface area contributed by atoms with Gasteiger partial charge in [-0.2, -0.15) is 0 Å². The van der Waals surface area contributed by atoms with E-state index in [1.165, 1.54) is 0 Å². The first kappa shape index (κ1) is 17.6. The van der Waals surface area contributed by atoms with Crippen LogP contribution in [0, 0.1) is 0 Å². The minimum absolute atomic E-state index is 0.0731. The molecule has 0 saturated carbocycles. The van der Waals surface area contributed by atoms with Gasteiger partial charge in [0.25, 0.3) is 0 Å². The fourth-order valence-corrected chi connectivity index (χ4v) is 3.11. The van der Waals surface area contributed by atoms with Crippen molar-refractivity contribution in [3.05, 3.63) is 42.4 Å². The number of piperazine rings is 1. The molecule has 1 aliphatic heterocycles. The van der Waals surface area contributed by atoms with Crippen LogP contribution in [-0.2, 0) is 11.3 Å². The van der Waals surface area contributed by atoms with Gasteiger partial charge in [-0.05, 0) is 6.42 Å². The van der Waals surface area contributed by atoms with Crippen molar-refractivity contribution in [1.29, 1.82) is 0 Å². The van der Waals surface area contributed by atoms with Gasteiger partial charge < -0.3 is 15.1 Å². The summed E-state index contributed by atoms with van der Waals surface area (Å²) in [5, 5.41) is 0. The zero-order valence-corrected chi connectivity index (χ0v) is 14.7. The monoisotopic (exact) mass is 342 g/mol. The van der Waals surface area contributed by atoms with E-state index in [4.69, 9.17) is 10.2 Å². The Morgan fingerprint density at radius 1 is 1.24 bits per heavy atom. The maximum atomic E-state index is 12.3. The first-order valence-electron chi connectivity index (χ1n) is 8.94. The average molecular weight is 342 g/mol. The maximum Gasteiger partial charge on any atom is 0.239 e. The number of hydrogen-bond acceptors (Lipinski definition) is 5. The minimum atomic E-state index is -0.364. The Kier molecular flexibility index (Phi) is 5.83. The number of hydrogen-bond donors (Lipinski definition) is 1. The highest BCUT2D eigenvalue weighted by Crippen LogP contribution is 2.20. The second kappa shape index (κ2) is 8.27. The van der Waals surface area contributed by atoms with E-state index < -0.39 is 0 Å². The van der Waals surface area contributed by atoms with Crippen LogP contribution in [0.5, 0.6) is 0 Å². The average Bonchev–Trinajstić information content (AvgIpc) is 3.11. The topological polar surface area (TPSA) is 75.6 Å². The summed E-state index contributed by atoms with van der Waals surface area (Å²) in [6, 6.07) is 9.60. The molecule has 1 atom stereocenters. The van der Waals surface area contributed by atoms with Crippen LogP contribution in [0.3, 0.4) is 0 Å². The molecule has 6 heteroatoms. The van der Waals surface area contributed by atoms with Crippen molar-refractivity contribution in [3.63, 3.8) is 0 Å². The SMILES string of the molecule is CCCC(N)C(=O)N1CCN(Cc2ncc(-c3ccccc3)o2)CC1. The molecule has 1 aliphatic rings. The van der Waals surface area contributed by atoms with Crippen LogP contribution in [0.1, 0.15) is 25.7 Å². The number of aromatic nitrogens is 1. The van der Waals surface area contributed by atoms with Crippen LogP contribution in [0.15, 0.2) is 40.9 Å². The summed E-state index contributed by atoms with van der Waals surface area (Å²) >= 11 is 0. The highest BCUT2D eigenvalue weighted by molar-refractivity contribution is 5.81. The molecule has 134 valence electrons. The van der Waals surface area contributed by atoms with Gasteiger partial charge in [0.05, 0.1) is 18.8 Å². The molecule has 0 bridgehead atoms. The van der Waals surface area contributed by atoms with Gasteiger partial charge in [0.2, 0.25) is 11.8 Å². The fourth-order valence-electron chi connectivity index (χ4n) is 3.11. The molecule has 0 radical (unpaired) electrons. The zero-order valence-electron chi connectivity index (χ0n) is 14.7. The highest BCUT2D eigenvalue weighted by Gasteiger charge is 2.25. The van der Waals surface area contributed by atoms with E-state index in [-0.39, 0.29) is 11.9 Å². The maximum absolute atomic E-state index is 12.3. The van der Waals surface area contributed by atoms with Crippen molar-refractivity contribution in [2.45, 2.75) is 32.4 Å². The minimum Gasteiger partial charge on any atom is -0.439 e. The molecule has 1 amide bonds. The van der Waals surface area contributed by atoms with E-state index in [1.54, 1.807) is 6.20 Å². The number of carbonyl (C=O) groups excluding carboxylic acids is 1. The number of nitrogens with zero attached hydrogens (tertiary/aromatic N) is 3. The van der Waals surface area contributed by atoms with E-state index in [9.17, 15) is 4.79 Å². The first-order chi connectivity index (χ1) is 12.2. The molecule has 1 saturated heterocycles. The summed E-state index contributed by atoms with van der Waals surface area (Å²) in [5.74, 6) is 1.57. The summed E-state index contributed by atoms with van der Waals surface area (Å²) in [6.45, 7) is 5.76. The van der Waals surface area contributed by atoms with Gasteiger partial charge in [0, 0.05) is 31.7 Å². The first-order valence-corrected chi connectivity index (χ1v) is 8.94. The second-order valence-electron chi connectivity index (χ2n) is 6.48. The number of nitrogens with two attached hydrogens (primary N) is 1. The second-order valence-corrected chi connectivity index (χ2v) is 6.48. The lowest BCUT2D eigenvalue weighted by atomic mass is 10.1. The van der Waals surface area contributed by atoms with Crippen LogP contribution in [0.25, 0.3) is 11.3 Å². The molecular weight excluding hydrogens is 316 g/mol. The zero-order chi connectivity index (χ0) is 17.6.